The third-order valence-electron chi connectivity index (χ3n) is 2.78. The first-order valence-electron chi connectivity index (χ1n) is 5.66. The first-order chi connectivity index (χ1) is 8.16. The average molecular weight is 236 g/mol. The number of carbonyl (C=O) groups excluding carboxylic acids is 1. The first-order valence-corrected chi connectivity index (χ1v) is 5.66. The summed E-state index contributed by atoms with van der Waals surface area (Å²) < 4.78 is 10.7. The molecule has 0 saturated carbocycles. The number of rotatable bonds is 4. The van der Waals surface area contributed by atoms with E-state index in [-0.39, 0.29) is 11.9 Å². The molecular formula is C13H16O4. The summed E-state index contributed by atoms with van der Waals surface area (Å²) in [5.41, 5.74) is 1.04. The zero-order valence-electron chi connectivity index (χ0n) is 9.70. The summed E-state index contributed by atoms with van der Waals surface area (Å²) in [6.07, 6.45) is -1.56. The van der Waals surface area contributed by atoms with Crippen molar-refractivity contribution in [2.24, 2.45) is 0 Å². The summed E-state index contributed by atoms with van der Waals surface area (Å²) in [5.74, 6) is -0.111. The van der Waals surface area contributed by atoms with Crippen LogP contribution in [-0.4, -0.2) is 29.4 Å². The Bertz CT molecular complexity index is 376. The van der Waals surface area contributed by atoms with Gasteiger partial charge in [-0.15, -0.1) is 0 Å². The van der Waals surface area contributed by atoms with Gasteiger partial charge >= 0.3 is 0 Å². The summed E-state index contributed by atoms with van der Waals surface area (Å²) in [4.78, 5) is 11.3. The minimum atomic E-state index is -0.898. The van der Waals surface area contributed by atoms with Crippen molar-refractivity contribution in [3.8, 4) is 0 Å². The molecule has 3 atom stereocenters. The van der Waals surface area contributed by atoms with Gasteiger partial charge in [0, 0.05) is 6.42 Å². The average Bonchev–Trinajstić information content (AvgIpc) is 2.69. The number of ether oxygens (including phenoxy) is 2. The molecule has 1 aromatic rings. The third-order valence-corrected chi connectivity index (χ3v) is 2.78. The van der Waals surface area contributed by atoms with E-state index in [4.69, 9.17) is 9.47 Å². The highest BCUT2D eigenvalue weighted by atomic mass is 16.6. The van der Waals surface area contributed by atoms with E-state index in [1.165, 1.54) is 6.92 Å². The van der Waals surface area contributed by atoms with Crippen LogP contribution in [0.25, 0.3) is 0 Å². The van der Waals surface area contributed by atoms with Crippen molar-refractivity contribution < 1.29 is 19.4 Å². The summed E-state index contributed by atoms with van der Waals surface area (Å²) >= 11 is 0. The van der Waals surface area contributed by atoms with E-state index in [1.54, 1.807) is 0 Å². The Hall–Kier alpha value is -1.23. The number of Topliss-reactive ketones (excluding diaryl/α,β-unsaturated/α-hetero) is 1. The van der Waals surface area contributed by atoms with Crippen molar-refractivity contribution in [2.75, 3.05) is 0 Å². The lowest BCUT2D eigenvalue weighted by molar-refractivity contribution is -0.144. The van der Waals surface area contributed by atoms with Crippen LogP contribution in [0.3, 0.4) is 0 Å². The molecule has 4 nitrogen and oxygen atoms in total. The lowest BCUT2D eigenvalue weighted by Gasteiger charge is -2.16. The molecule has 1 fully saturated rings. The predicted octanol–water partition coefficient (Wildman–Crippen LogP) is 1.27. The summed E-state index contributed by atoms with van der Waals surface area (Å²) in [5, 5.41) is 9.36. The molecule has 17 heavy (non-hydrogen) atoms. The lowest BCUT2D eigenvalue weighted by Crippen LogP contribution is -2.30. The van der Waals surface area contributed by atoms with E-state index >= 15 is 0 Å². The third kappa shape index (κ3) is 3.12. The molecular weight excluding hydrogens is 220 g/mol. The fourth-order valence-corrected chi connectivity index (χ4v) is 1.93. The molecule has 1 aliphatic heterocycles. The second-order valence-corrected chi connectivity index (χ2v) is 4.19. The molecule has 0 aromatic heterocycles. The predicted molar refractivity (Wildman–Crippen MR) is 61.2 cm³/mol. The Morgan fingerprint density at radius 3 is 2.82 bits per heavy atom. The van der Waals surface area contributed by atoms with Gasteiger partial charge in [-0.25, -0.2) is 0 Å². The molecule has 0 aliphatic carbocycles. The van der Waals surface area contributed by atoms with Gasteiger partial charge in [0.1, 0.15) is 6.10 Å². The van der Waals surface area contributed by atoms with Gasteiger partial charge in [-0.2, -0.15) is 0 Å². The number of hydrogen-bond acceptors (Lipinski definition) is 4. The van der Waals surface area contributed by atoms with Crippen LogP contribution in [0, 0.1) is 0 Å². The summed E-state index contributed by atoms with van der Waals surface area (Å²) in [6, 6.07) is 9.70. The molecule has 1 heterocycles. The van der Waals surface area contributed by atoms with Crippen LogP contribution in [0.15, 0.2) is 30.3 Å². The van der Waals surface area contributed by atoms with Crippen LogP contribution in [0.4, 0.5) is 0 Å². The number of ketones is 1. The van der Waals surface area contributed by atoms with Crippen LogP contribution in [0.1, 0.15) is 18.9 Å². The zero-order chi connectivity index (χ0) is 12.3. The number of carbonyl (C=O) groups is 1. The van der Waals surface area contributed by atoms with Crippen molar-refractivity contribution in [1.82, 2.24) is 0 Å². The summed E-state index contributed by atoms with van der Waals surface area (Å²) in [7, 11) is 0. The van der Waals surface area contributed by atoms with Crippen LogP contribution < -0.4 is 0 Å². The molecule has 4 heteroatoms. The quantitative estimate of drug-likeness (QED) is 0.855. The molecule has 0 radical (unpaired) electrons. The maximum absolute atomic E-state index is 11.3. The Morgan fingerprint density at radius 1 is 1.47 bits per heavy atom. The van der Waals surface area contributed by atoms with Gasteiger partial charge in [-0.1, -0.05) is 30.3 Å². The van der Waals surface area contributed by atoms with E-state index in [1.807, 2.05) is 30.3 Å². The van der Waals surface area contributed by atoms with Crippen LogP contribution in [-0.2, 0) is 20.9 Å². The normalized spacial score (nSPS) is 28.2. The molecule has 1 N–H and O–H groups in total. The maximum atomic E-state index is 11.3. The van der Waals surface area contributed by atoms with Crippen LogP contribution in [0.5, 0.6) is 0 Å². The van der Waals surface area contributed by atoms with Gasteiger partial charge in [0.15, 0.2) is 12.1 Å². The standard InChI is InChI=1S/C13H16O4/c1-9(14)13-11(7-12(15)17-13)16-8-10-5-3-2-4-6-10/h2-6,11-13,15H,7-8H2,1H3/t11-,12?,13+/m0/s1. The van der Waals surface area contributed by atoms with E-state index in [0.717, 1.165) is 5.56 Å². The second kappa shape index (κ2) is 5.40. The van der Waals surface area contributed by atoms with Crippen LogP contribution >= 0.6 is 0 Å². The Kier molecular flexibility index (Phi) is 3.89. The molecule has 2 rings (SSSR count). The van der Waals surface area contributed by atoms with E-state index in [2.05, 4.69) is 0 Å². The Balaban J connectivity index is 1.92. The van der Waals surface area contributed by atoms with Gasteiger partial charge in [-0.3, -0.25) is 4.79 Å². The SMILES string of the molecule is CC(=O)[C@H]1OC(O)C[C@@H]1OCc1ccccc1. The molecule has 92 valence electrons. The van der Waals surface area contributed by atoms with Gasteiger partial charge in [0.25, 0.3) is 0 Å². The smallest absolute Gasteiger partial charge is 0.161 e. The number of aliphatic hydroxyl groups is 1. The molecule has 1 aromatic carbocycles. The second-order valence-electron chi connectivity index (χ2n) is 4.19. The largest absolute Gasteiger partial charge is 0.370 e. The van der Waals surface area contributed by atoms with Gasteiger partial charge < -0.3 is 14.6 Å². The van der Waals surface area contributed by atoms with Crippen molar-refractivity contribution >= 4 is 5.78 Å². The molecule has 1 unspecified atom stereocenters. The first kappa shape index (κ1) is 12.2. The highest BCUT2D eigenvalue weighted by Gasteiger charge is 2.37. The minimum Gasteiger partial charge on any atom is -0.370 e. The number of aliphatic hydroxyl groups excluding tert-OH is 1. The van der Waals surface area contributed by atoms with Gasteiger partial charge in [0.05, 0.1) is 12.7 Å². The lowest BCUT2D eigenvalue weighted by atomic mass is 10.1. The molecule has 0 bridgehead atoms. The molecule has 0 spiro atoms. The van der Waals surface area contributed by atoms with Crippen molar-refractivity contribution in [2.45, 2.75) is 38.4 Å². The molecule has 1 aliphatic rings. The highest BCUT2D eigenvalue weighted by molar-refractivity contribution is 5.81. The van der Waals surface area contributed by atoms with Gasteiger partial charge in [0.2, 0.25) is 0 Å². The fourth-order valence-electron chi connectivity index (χ4n) is 1.93. The summed E-state index contributed by atoms with van der Waals surface area (Å²) in [6.45, 7) is 1.87. The maximum Gasteiger partial charge on any atom is 0.161 e. The van der Waals surface area contributed by atoms with E-state index < -0.39 is 12.4 Å². The Morgan fingerprint density at radius 2 is 2.18 bits per heavy atom. The highest BCUT2D eigenvalue weighted by Crippen LogP contribution is 2.23. The van der Waals surface area contributed by atoms with Gasteiger partial charge in [-0.05, 0) is 12.5 Å². The number of hydrogen-bond donors (Lipinski definition) is 1. The molecule has 0 amide bonds. The Labute approximate surface area is 100 Å². The monoisotopic (exact) mass is 236 g/mol. The van der Waals surface area contributed by atoms with Crippen molar-refractivity contribution in [3.05, 3.63) is 35.9 Å². The van der Waals surface area contributed by atoms with E-state index in [9.17, 15) is 9.90 Å². The van der Waals surface area contributed by atoms with Crippen molar-refractivity contribution in [3.63, 3.8) is 0 Å². The minimum absolute atomic E-state index is 0.111. The topological polar surface area (TPSA) is 55.8 Å². The number of benzene rings is 1. The van der Waals surface area contributed by atoms with Crippen LogP contribution in [0.2, 0.25) is 0 Å². The van der Waals surface area contributed by atoms with E-state index in [0.29, 0.717) is 13.0 Å². The van der Waals surface area contributed by atoms with Crippen molar-refractivity contribution in [1.29, 1.82) is 0 Å². The molecule has 1 saturated heterocycles. The zero-order valence-corrected chi connectivity index (χ0v) is 9.70. The fraction of sp³-hybridized carbons (Fsp3) is 0.462.